The van der Waals surface area contributed by atoms with Gasteiger partial charge < -0.3 is 14.4 Å². The van der Waals surface area contributed by atoms with E-state index in [0.717, 1.165) is 11.3 Å². The van der Waals surface area contributed by atoms with Gasteiger partial charge in [-0.1, -0.05) is 13.8 Å². The van der Waals surface area contributed by atoms with E-state index >= 15 is 0 Å². The van der Waals surface area contributed by atoms with E-state index in [1.165, 1.54) is 19.1 Å². The lowest BCUT2D eigenvalue weighted by Gasteiger charge is -2.19. The topological polar surface area (TPSA) is 55.8 Å². The maximum Gasteiger partial charge on any atom is 0.397 e. The molecule has 104 valence electrons. The molecule has 0 saturated carbocycles. The Morgan fingerprint density at radius 3 is 2.32 bits per heavy atom. The average Bonchev–Trinajstić information content (AvgIpc) is 2.43. The van der Waals surface area contributed by atoms with Crippen LogP contribution in [-0.2, 0) is 14.3 Å². The number of hydrogen-bond acceptors (Lipinski definition) is 4. The van der Waals surface area contributed by atoms with E-state index in [-0.39, 0.29) is 5.92 Å². The lowest BCUT2D eigenvalue weighted by Crippen LogP contribution is -2.34. The number of carbonyl (C=O) groups excluding carboxylic acids is 2. The van der Waals surface area contributed by atoms with Crippen LogP contribution in [0.25, 0.3) is 0 Å². The summed E-state index contributed by atoms with van der Waals surface area (Å²) in [5, 5.41) is 0. The van der Waals surface area contributed by atoms with E-state index < -0.39 is 11.9 Å². The van der Waals surface area contributed by atoms with E-state index in [0.29, 0.717) is 5.69 Å². The highest BCUT2D eigenvalue weighted by atomic mass is 16.5. The molecule has 0 aromatic heterocycles. The number of amides is 1. The fourth-order valence-electron chi connectivity index (χ4n) is 1.72. The highest BCUT2D eigenvalue weighted by molar-refractivity contribution is 6.37. The molecule has 0 fully saturated rings. The number of benzene rings is 1. The quantitative estimate of drug-likeness (QED) is 0.619. The van der Waals surface area contributed by atoms with Gasteiger partial charge in [0.25, 0.3) is 0 Å². The Balaban J connectivity index is 3.11. The molecule has 1 aromatic rings. The van der Waals surface area contributed by atoms with Gasteiger partial charge in [-0.25, -0.2) is 4.79 Å². The average molecular weight is 265 g/mol. The van der Waals surface area contributed by atoms with Crippen molar-refractivity contribution in [2.24, 2.45) is 0 Å². The lowest BCUT2D eigenvalue weighted by molar-refractivity contribution is -0.151. The number of esters is 1. The van der Waals surface area contributed by atoms with Crippen LogP contribution in [0.15, 0.2) is 18.2 Å². The molecule has 5 heteroatoms. The van der Waals surface area contributed by atoms with Crippen molar-refractivity contribution in [3.8, 4) is 5.75 Å². The molecule has 0 unspecified atom stereocenters. The molecular weight excluding hydrogens is 246 g/mol. The predicted octanol–water partition coefficient (Wildman–Crippen LogP) is 1.95. The molecule has 19 heavy (non-hydrogen) atoms. The number of hydrogen-bond donors (Lipinski definition) is 0. The second kappa shape index (κ2) is 6.22. The van der Waals surface area contributed by atoms with Gasteiger partial charge in [-0.2, -0.15) is 0 Å². The zero-order valence-corrected chi connectivity index (χ0v) is 11.9. The van der Waals surface area contributed by atoms with Crippen LogP contribution >= 0.6 is 0 Å². The Morgan fingerprint density at radius 1 is 1.21 bits per heavy atom. The van der Waals surface area contributed by atoms with Crippen LogP contribution < -0.4 is 9.64 Å². The van der Waals surface area contributed by atoms with Gasteiger partial charge in [0.2, 0.25) is 0 Å². The minimum Gasteiger partial charge on any atom is -0.496 e. The van der Waals surface area contributed by atoms with Crippen molar-refractivity contribution in [1.82, 2.24) is 0 Å². The molecule has 1 rings (SSSR count). The predicted molar refractivity (Wildman–Crippen MR) is 72.5 cm³/mol. The molecule has 0 heterocycles. The third-order valence-electron chi connectivity index (χ3n) is 2.89. The van der Waals surface area contributed by atoms with Crippen molar-refractivity contribution in [2.45, 2.75) is 19.8 Å². The first-order valence-electron chi connectivity index (χ1n) is 5.96. The molecular formula is C14H19NO4. The van der Waals surface area contributed by atoms with Crippen LogP contribution in [0.2, 0.25) is 0 Å². The molecule has 0 aliphatic carbocycles. The van der Waals surface area contributed by atoms with Crippen LogP contribution in [0.1, 0.15) is 25.3 Å². The zero-order valence-electron chi connectivity index (χ0n) is 11.9. The first-order chi connectivity index (χ1) is 8.92. The van der Waals surface area contributed by atoms with Gasteiger partial charge in [-0.05, 0) is 29.7 Å². The van der Waals surface area contributed by atoms with E-state index in [2.05, 4.69) is 4.74 Å². The number of methoxy groups -OCH3 is 2. The van der Waals surface area contributed by atoms with Crippen molar-refractivity contribution >= 4 is 17.6 Å². The van der Waals surface area contributed by atoms with Gasteiger partial charge >= 0.3 is 11.9 Å². The molecule has 0 spiro atoms. The van der Waals surface area contributed by atoms with Crippen LogP contribution in [0.5, 0.6) is 5.75 Å². The first-order valence-corrected chi connectivity index (χ1v) is 5.96. The molecule has 0 bridgehead atoms. The summed E-state index contributed by atoms with van der Waals surface area (Å²) in [4.78, 5) is 24.2. The number of ether oxygens (including phenoxy) is 2. The maximum absolute atomic E-state index is 11.7. The van der Waals surface area contributed by atoms with E-state index in [1.807, 2.05) is 19.9 Å². The van der Waals surface area contributed by atoms with Crippen molar-refractivity contribution < 1.29 is 19.1 Å². The molecule has 1 amide bonds. The number of carbonyl (C=O) groups is 2. The normalized spacial score (nSPS) is 10.2. The van der Waals surface area contributed by atoms with Crippen molar-refractivity contribution in [1.29, 1.82) is 0 Å². The summed E-state index contributed by atoms with van der Waals surface area (Å²) in [6.07, 6.45) is 0. The number of likely N-dealkylation sites (N-methyl/N-ethyl adjacent to an activating group) is 1. The highest BCUT2D eigenvalue weighted by Gasteiger charge is 2.21. The monoisotopic (exact) mass is 265 g/mol. The van der Waals surface area contributed by atoms with Crippen molar-refractivity contribution in [3.63, 3.8) is 0 Å². The Labute approximate surface area is 113 Å². The maximum atomic E-state index is 11.7. The summed E-state index contributed by atoms with van der Waals surface area (Å²) >= 11 is 0. The molecule has 5 nitrogen and oxygen atoms in total. The van der Waals surface area contributed by atoms with Crippen LogP contribution in [-0.4, -0.2) is 33.1 Å². The van der Waals surface area contributed by atoms with E-state index in [4.69, 9.17) is 4.74 Å². The van der Waals surface area contributed by atoms with Crippen LogP contribution in [0.4, 0.5) is 5.69 Å². The summed E-state index contributed by atoms with van der Waals surface area (Å²) in [5.74, 6) is -0.582. The number of anilines is 1. The molecule has 0 saturated heterocycles. The Bertz CT molecular complexity index is 482. The van der Waals surface area contributed by atoms with Gasteiger partial charge in [0, 0.05) is 12.7 Å². The van der Waals surface area contributed by atoms with Crippen molar-refractivity contribution in [3.05, 3.63) is 23.8 Å². The van der Waals surface area contributed by atoms with E-state index in [9.17, 15) is 9.59 Å². The van der Waals surface area contributed by atoms with Gasteiger partial charge in [0.1, 0.15) is 5.75 Å². The lowest BCUT2D eigenvalue weighted by atomic mass is 10.0. The number of rotatable bonds is 3. The molecule has 0 aliphatic heterocycles. The number of nitrogens with zero attached hydrogens (tertiary/aromatic N) is 1. The molecule has 1 aromatic carbocycles. The third kappa shape index (κ3) is 3.24. The van der Waals surface area contributed by atoms with Gasteiger partial charge in [-0.3, -0.25) is 4.79 Å². The largest absolute Gasteiger partial charge is 0.496 e. The van der Waals surface area contributed by atoms with Crippen molar-refractivity contribution in [2.75, 3.05) is 26.2 Å². The highest BCUT2D eigenvalue weighted by Crippen LogP contribution is 2.30. The summed E-state index contributed by atoms with van der Waals surface area (Å²) < 4.78 is 9.70. The minimum absolute atomic E-state index is 0.247. The van der Waals surface area contributed by atoms with Crippen LogP contribution in [0.3, 0.4) is 0 Å². The first kappa shape index (κ1) is 15.0. The smallest absolute Gasteiger partial charge is 0.397 e. The summed E-state index contributed by atoms with van der Waals surface area (Å²) in [6, 6.07) is 5.35. The summed E-state index contributed by atoms with van der Waals surface area (Å²) in [7, 11) is 4.32. The third-order valence-corrected chi connectivity index (χ3v) is 2.89. The molecule has 0 atom stereocenters. The Morgan fingerprint density at radius 2 is 1.84 bits per heavy atom. The second-order valence-electron chi connectivity index (χ2n) is 4.44. The molecule has 0 aliphatic rings. The zero-order chi connectivity index (χ0) is 14.6. The SMILES string of the molecule is COC(=O)C(=O)N(C)c1ccc(OC)c(C(C)C)c1. The van der Waals surface area contributed by atoms with Gasteiger partial charge in [0.05, 0.1) is 14.2 Å². The fourth-order valence-corrected chi connectivity index (χ4v) is 1.72. The summed E-state index contributed by atoms with van der Waals surface area (Å²) in [6.45, 7) is 4.06. The Hall–Kier alpha value is -2.04. The van der Waals surface area contributed by atoms with E-state index in [1.54, 1.807) is 19.2 Å². The van der Waals surface area contributed by atoms with Crippen LogP contribution in [0, 0.1) is 0 Å². The summed E-state index contributed by atoms with van der Waals surface area (Å²) in [5.41, 5.74) is 1.60. The van der Waals surface area contributed by atoms with Gasteiger partial charge in [0.15, 0.2) is 0 Å². The molecule has 0 N–H and O–H groups in total. The van der Waals surface area contributed by atoms with Gasteiger partial charge in [-0.15, -0.1) is 0 Å². The Kier molecular flexibility index (Phi) is 4.92. The second-order valence-corrected chi connectivity index (χ2v) is 4.44. The fraction of sp³-hybridized carbons (Fsp3) is 0.429. The minimum atomic E-state index is -0.885. The standard InChI is InChI=1S/C14H19NO4/c1-9(2)11-8-10(6-7-12(11)18-4)15(3)13(16)14(17)19-5/h6-9H,1-5H3. The molecule has 0 radical (unpaired) electrons.